The molecule has 4 bridgehead atoms. The van der Waals surface area contributed by atoms with Gasteiger partial charge in [0.1, 0.15) is 31.6 Å². The van der Waals surface area contributed by atoms with Crippen molar-refractivity contribution < 1.29 is 47.5 Å². The second-order valence-electron chi connectivity index (χ2n) is 18.2. The summed E-state index contributed by atoms with van der Waals surface area (Å²) in [5, 5.41) is 18.4. The molecule has 68 heavy (non-hydrogen) atoms. The summed E-state index contributed by atoms with van der Waals surface area (Å²) in [6, 6.07) is 26.0. The molecule has 0 amide bonds. The van der Waals surface area contributed by atoms with Gasteiger partial charge >= 0.3 is 11.9 Å². The number of nitrogens with zero attached hydrogens (tertiary/aromatic N) is 2. The number of methoxy groups -OCH3 is 2. The number of thioether (sulfide) groups is 1. The van der Waals surface area contributed by atoms with Crippen molar-refractivity contribution in [1.82, 2.24) is 15.5 Å². The first-order valence-corrected chi connectivity index (χ1v) is 24.0. The second kappa shape index (κ2) is 17.6. The SMILES string of the molecule is COc1cc2c(cc1OCc1ccccc1)CCN[C@]21CS[C@@H]2c3c(OC(C)=O)c(C)c4c(c3[C@H](COC1=O)N1C2[C@@H]2N[C@@H](Cc3cc(C)c(OC)c(OCc5ccccc5)c32)[C@@H]1C#N)OCO4. The molecule has 2 fully saturated rings. The number of rotatable bonds is 9. The van der Waals surface area contributed by atoms with Gasteiger partial charge in [-0.3, -0.25) is 15.0 Å². The van der Waals surface area contributed by atoms with Gasteiger partial charge in [-0.25, -0.2) is 4.79 Å². The Hall–Kier alpha value is -6.44. The molecule has 2 saturated heterocycles. The minimum Gasteiger partial charge on any atom is -0.493 e. The Morgan fingerprint density at radius 3 is 2.31 bits per heavy atom. The van der Waals surface area contributed by atoms with Gasteiger partial charge in [0, 0.05) is 53.6 Å². The molecule has 12 rings (SSSR count). The van der Waals surface area contributed by atoms with E-state index >= 15 is 4.79 Å². The summed E-state index contributed by atoms with van der Waals surface area (Å²) in [7, 11) is 3.26. The normalized spacial score (nSPS) is 25.1. The number of benzene rings is 5. The Kier molecular flexibility index (Phi) is 11.4. The summed E-state index contributed by atoms with van der Waals surface area (Å²) in [5.41, 5.74) is 7.29. The zero-order valence-electron chi connectivity index (χ0n) is 38.5. The number of carbonyl (C=O) groups is 2. The summed E-state index contributed by atoms with van der Waals surface area (Å²) < 4.78 is 50.8. The van der Waals surface area contributed by atoms with Crippen LogP contribution in [0.15, 0.2) is 78.9 Å². The van der Waals surface area contributed by atoms with Crippen molar-refractivity contribution >= 4 is 23.7 Å². The van der Waals surface area contributed by atoms with E-state index in [4.69, 9.17) is 37.9 Å². The van der Waals surface area contributed by atoms with E-state index in [2.05, 4.69) is 27.7 Å². The monoisotopic (exact) mass is 936 g/mol. The van der Waals surface area contributed by atoms with Gasteiger partial charge in [-0.2, -0.15) is 5.26 Å². The number of nitrogens with one attached hydrogen (secondary N) is 2. The Morgan fingerprint density at radius 1 is 0.868 bits per heavy atom. The Balaban J connectivity index is 1.10. The first kappa shape index (κ1) is 44.1. The number of hydrogen-bond donors (Lipinski definition) is 2. The van der Waals surface area contributed by atoms with Crippen molar-refractivity contribution in [3.63, 3.8) is 0 Å². The van der Waals surface area contributed by atoms with E-state index < -0.39 is 46.9 Å². The molecule has 0 aromatic heterocycles. The van der Waals surface area contributed by atoms with Crippen LogP contribution < -0.4 is 43.8 Å². The number of aryl methyl sites for hydroxylation is 1. The van der Waals surface area contributed by atoms with Crippen LogP contribution in [0.3, 0.4) is 0 Å². The zero-order valence-corrected chi connectivity index (χ0v) is 39.3. The van der Waals surface area contributed by atoms with Crippen LogP contribution in [-0.4, -0.2) is 74.9 Å². The molecule has 7 heterocycles. The maximum atomic E-state index is 15.2. The van der Waals surface area contributed by atoms with Crippen LogP contribution in [0.2, 0.25) is 0 Å². The Bertz CT molecular complexity index is 2870. The maximum absolute atomic E-state index is 15.2. The van der Waals surface area contributed by atoms with Crippen molar-refractivity contribution in [1.29, 1.82) is 5.26 Å². The molecule has 14 nitrogen and oxygen atoms in total. The first-order valence-electron chi connectivity index (χ1n) is 23.0. The van der Waals surface area contributed by atoms with Crippen molar-refractivity contribution in [3.05, 3.63) is 134 Å². The summed E-state index contributed by atoms with van der Waals surface area (Å²) in [5.74, 6) is 2.87. The van der Waals surface area contributed by atoms with E-state index in [1.54, 1.807) is 26.0 Å². The van der Waals surface area contributed by atoms with Crippen molar-refractivity contribution in [2.24, 2.45) is 0 Å². The highest BCUT2D eigenvalue weighted by Gasteiger charge is 2.60. The van der Waals surface area contributed by atoms with Gasteiger partial charge in [0.25, 0.3) is 0 Å². The quantitative estimate of drug-likeness (QED) is 0.111. The highest BCUT2D eigenvalue weighted by molar-refractivity contribution is 7.99. The van der Waals surface area contributed by atoms with E-state index in [9.17, 15) is 10.1 Å². The van der Waals surface area contributed by atoms with Gasteiger partial charge in [-0.05, 0) is 72.2 Å². The number of fused-ring (bicyclic) bond motifs is 9. The molecule has 15 heteroatoms. The molecule has 2 N–H and O–H groups in total. The number of nitriles is 1. The molecule has 350 valence electrons. The summed E-state index contributed by atoms with van der Waals surface area (Å²) in [6.07, 6.45) is 1.16. The van der Waals surface area contributed by atoms with Crippen LogP contribution in [0.4, 0.5) is 0 Å². The van der Waals surface area contributed by atoms with Crippen LogP contribution in [-0.2, 0) is 45.9 Å². The average molecular weight is 937 g/mol. The minimum absolute atomic E-state index is 0.0499. The lowest BCUT2D eigenvalue weighted by Crippen LogP contribution is -2.69. The van der Waals surface area contributed by atoms with E-state index in [0.29, 0.717) is 84.0 Å². The predicted molar refractivity (Wildman–Crippen MR) is 252 cm³/mol. The second-order valence-corrected chi connectivity index (χ2v) is 19.3. The molecule has 0 radical (unpaired) electrons. The highest BCUT2D eigenvalue weighted by atomic mass is 32.2. The third kappa shape index (κ3) is 7.10. The van der Waals surface area contributed by atoms with Crippen LogP contribution in [0.25, 0.3) is 0 Å². The van der Waals surface area contributed by atoms with E-state index in [0.717, 1.165) is 44.5 Å². The summed E-state index contributed by atoms with van der Waals surface area (Å²) in [6.45, 7) is 6.21. The minimum atomic E-state index is -1.34. The number of esters is 2. The summed E-state index contributed by atoms with van der Waals surface area (Å²) in [4.78, 5) is 30.7. The van der Waals surface area contributed by atoms with Crippen LogP contribution in [0, 0.1) is 25.2 Å². The molecule has 7 aliphatic heterocycles. The smallest absolute Gasteiger partial charge is 0.331 e. The van der Waals surface area contributed by atoms with Crippen LogP contribution in [0.5, 0.6) is 40.2 Å². The van der Waals surface area contributed by atoms with Gasteiger partial charge in [-0.15, -0.1) is 11.8 Å². The van der Waals surface area contributed by atoms with Crippen molar-refractivity contribution in [2.45, 2.75) is 87.8 Å². The maximum Gasteiger partial charge on any atom is 0.331 e. The molecule has 1 spiro atoms. The van der Waals surface area contributed by atoms with Crippen molar-refractivity contribution in [2.75, 3.05) is 39.9 Å². The molecule has 1 unspecified atom stereocenters. The Labute approximate surface area is 399 Å². The summed E-state index contributed by atoms with van der Waals surface area (Å²) >= 11 is 1.55. The van der Waals surface area contributed by atoms with E-state index in [1.165, 1.54) is 6.92 Å². The molecule has 7 aliphatic rings. The average Bonchev–Trinajstić information content (AvgIpc) is 3.85. The third-order valence-corrected chi connectivity index (χ3v) is 15.8. The fourth-order valence-electron chi connectivity index (χ4n) is 11.5. The van der Waals surface area contributed by atoms with Gasteiger partial charge in [0.15, 0.2) is 40.0 Å². The molecule has 7 atom stereocenters. The largest absolute Gasteiger partial charge is 0.493 e. The van der Waals surface area contributed by atoms with Crippen LogP contribution >= 0.6 is 11.8 Å². The third-order valence-electron chi connectivity index (χ3n) is 14.4. The Morgan fingerprint density at radius 2 is 1.60 bits per heavy atom. The van der Waals surface area contributed by atoms with Crippen LogP contribution in [0.1, 0.15) is 79.9 Å². The number of hydrogen-bond acceptors (Lipinski definition) is 15. The lowest BCUT2D eigenvalue weighted by atomic mass is 9.72. The predicted octanol–water partition coefficient (Wildman–Crippen LogP) is 7.39. The fraction of sp³-hybridized carbons (Fsp3) is 0.377. The van der Waals surface area contributed by atoms with Crippen molar-refractivity contribution in [3.8, 4) is 46.3 Å². The standard InChI is InChI=1S/C53H52N4O10S/c1-28-18-34-19-36-37(22-54)57-38-25-64-52(59)53(35-21-39(60-4)40(20-33(35)16-17-55-53)62-23-31-12-8-6-9-13-31)26-68-51(43-42(38)50-48(65-27-66-50)29(2)47(43)67-30(3)58)45(57)44(56-36)41(34)49(46(28)61-5)63-24-32-14-10-7-11-15-32/h6-15,18,20-21,36-38,44-45,51,55-56H,16-17,19,23-27H2,1-5H3/t36-,37-,38-,44+,45?,51+,53+/m0/s1. The number of ether oxygens (including phenoxy) is 8. The van der Waals surface area contributed by atoms with Gasteiger partial charge < -0.3 is 43.2 Å². The number of carbonyl (C=O) groups excluding carboxylic acids is 2. The topological polar surface area (TPSA) is 159 Å². The van der Waals surface area contributed by atoms with E-state index in [-0.39, 0.29) is 25.2 Å². The molecule has 0 saturated carbocycles. The lowest BCUT2D eigenvalue weighted by molar-refractivity contribution is -0.155. The number of piperazine rings is 1. The van der Waals surface area contributed by atoms with Gasteiger partial charge in [-0.1, -0.05) is 66.7 Å². The molecule has 0 aliphatic carbocycles. The lowest BCUT2D eigenvalue weighted by Gasteiger charge is -2.59. The van der Waals surface area contributed by atoms with Gasteiger partial charge in [0.05, 0.1) is 37.6 Å². The zero-order chi connectivity index (χ0) is 46.8. The van der Waals surface area contributed by atoms with E-state index in [1.807, 2.05) is 86.6 Å². The first-order chi connectivity index (χ1) is 33.1. The molecule has 5 aromatic carbocycles. The molecular weight excluding hydrogens is 885 g/mol. The fourth-order valence-corrected chi connectivity index (χ4v) is 13.2. The molecular formula is C53H52N4O10S. The molecule has 5 aromatic rings. The van der Waals surface area contributed by atoms with Gasteiger partial charge in [0.2, 0.25) is 6.79 Å². The highest BCUT2D eigenvalue weighted by Crippen LogP contribution is 2.63.